The van der Waals surface area contributed by atoms with Crippen molar-refractivity contribution >= 4 is 17.7 Å². The Hall–Kier alpha value is -1.00. The van der Waals surface area contributed by atoms with E-state index in [1.807, 2.05) is 11.8 Å². The van der Waals surface area contributed by atoms with Crippen LogP contribution in [0, 0.1) is 22.7 Å². The van der Waals surface area contributed by atoms with Gasteiger partial charge < -0.3 is 9.84 Å². The maximum Gasteiger partial charge on any atom is 0.302 e. The molecule has 1 N–H and O–H groups in total. The Kier molecular flexibility index (Phi) is 10.8. The van der Waals surface area contributed by atoms with E-state index in [0.717, 1.165) is 24.3 Å². The van der Waals surface area contributed by atoms with E-state index in [1.54, 1.807) is 0 Å². The number of carbonyl (C=O) groups is 1. The highest BCUT2D eigenvalue weighted by Gasteiger charge is 2.40. The summed E-state index contributed by atoms with van der Waals surface area (Å²) in [7, 11) is 0. The van der Waals surface area contributed by atoms with Gasteiger partial charge in [-0.15, -0.1) is 0 Å². The van der Waals surface area contributed by atoms with Crippen molar-refractivity contribution in [1.29, 1.82) is 0 Å². The maximum absolute atomic E-state index is 11.4. The van der Waals surface area contributed by atoms with Crippen LogP contribution < -0.4 is 0 Å². The van der Waals surface area contributed by atoms with E-state index in [1.165, 1.54) is 12.5 Å². The van der Waals surface area contributed by atoms with Crippen molar-refractivity contribution in [1.82, 2.24) is 0 Å². The SMILES string of the molecule is CC(=O)OCCC(C(O)C(CCCSCc1ccccc1)C(C)(C)C)C(C)(C)C. The van der Waals surface area contributed by atoms with Crippen LogP contribution >= 0.6 is 11.8 Å². The van der Waals surface area contributed by atoms with Gasteiger partial charge in [-0.1, -0.05) is 71.9 Å². The largest absolute Gasteiger partial charge is 0.466 e. The highest BCUT2D eigenvalue weighted by molar-refractivity contribution is 7.98. The number of benzene rings is 1. The lowest BCUT2D eigenvalue weighted by atomic mass is 9.65. The van der Waals surface area contributed by atoms with E-state index >= 15 is 0 Å². The summed E-state index contributed by atoms with van der Waals surface area (Å²) in [5.41, 5.74) is 1.34. The molecular weight excluding hydrogens is 380 g/mol. The molecule has 1 rings (SSSR count). The number of hydrogen-bond donors (Lipinski definition) is 1. The summed E-state index contributed by atoms with van der Waals surface area (Å²) in [6.45, 7) is 15.0. The molecular formula is C25H42O3S. The quantitative estimate of drug-likeness (QED) is 0.334. The van der Waals surface area contributed by atoms with Gasteiger partial charge in [-0.25, -0.2) is 0 Å². The second-order valence-electron chi connectivity index (χ2n) is 10.2. The number of rotatable bonds is 11. The van der Waals surface area contributed by atoms with E-state index in [2.05, 4.69) is 71.9 Å². The monoisotopic (exact) mass is 422 g/mol. The van der Waals surface area contributed by atoms with Gasteiger partial charge in [0, 0.05) is 12.7 Å². The Labute approximate surface area is 183 Å². The Morgan fingerprint density at radius 1 is 1.00 bits per heavy atom. The molecule has 0 radical (unpaired) electrons. The molecule has 3 atom stereocenters. The van der Waals surface area contributed by atoms with Crippen molar-refractivity contribution < 1.29 is 14.6 Å². The van der Waals surface area contributed by atoms with Gasteiger partial charge in [0.25, 0.3) is 0 Å². The normalized spacial score (nSPS) is 15.6. The highest BCUT2D eigenvalue weighted by Crippen LogP contribution is 2.42. The first-order valence-corrected chi connectivity index (χ1v) is 12.0. The third-order valence-electron chi connectivity index (χ3n) is 5.70. The smallest absolute Gasteiger partial charge is 0.302 e. The molecule has 0 heterocycles. The molecule has 3 unspecified atom stereocenters. The second kappa shape index (κ2) is 12.0. The zero-order chi connectivity index (χ0) is 22.1. The molecule has 0 amide bonds. The summed E-state index contributed by atoms with van der Waals surface area (Å²) in [6, 6.07) is 10.6. The zero-order valence-corrected chi connectivity index (χ0v) is 20.3. The van der Waals surface area contributed by atoms with Gasteiger partial charge in [0.2, 0.25) is 0 Å². The zero-order valence-electron chi connectivity index (χ0n) is 19.5. The van der Waals surface area contributed by atoms with Crippen LogP contribution in [0.5, 0.6) is 0 Å². The number of aliphatic hydroxyl groups is 1. The number of aliphatic hydroxyl groups excluding tert-OH is 1. The molecule has 3 nitrogen and oxygen atoms in total. The second-order valence-corrected chi connectivity index (χ2v) is 11.3. The fraction of sp³-hybridized carbons (Fsp3) is 0.720. The van der Waals surface area contributed by atoms with Gasteiger partial charge in [-0.3, -0.25) is 4.79 Å². The molecule has 1 aromatic rings. The standard InChI is InChI=1S/C25H42O3S/c1-19(26)28-16-15-22(25(5,6)7)23(27)21(24(2,3)4)14-11-17-29-18-20-12-9-8-10-13-20/h8-10,12-13,21-23,27H,11,14-18H2,1-7H3. The van der Waals surface area contributed by atoms with E-state index in [0.29, 0.717) is 13.0 Å². The molecule has 29 heavy (non-hydrogen) atoms. The number of esters is 1. The van der Waals surface area contributed by atoms with Crippen LogP contribution in [0.3, 0.4) is 0 Å². The molecule has 4 heteroatoms. The van der Waals surface area contributed by atoms with Gasteiger partial charge in [-0.05, 0) is 53.2 Å². The predicted molar refractivity (Wildman–Crippen MR) is 125 cm³/mol. The molecule has 0 aliphatic rings. The molecule has 0 fully saturated rings. The van der Waals surface area contributed by atoms with Crippen molar-refractivity contribution in [2.45, 2.75) is 79.6 Å². The number of carbonyl (C=O) groups excluding carboxylic acids is 1. The van der Waals surface area contributed by atoms with Crippen molar-refractivity contribution in [3.05, 3.63) is 35.9 Å². The minimum atomic E-state index is -0.412. The Bertz CT molecular complexity index is 586. The molecule has 166 valence electrons. The van der Waals surface area contributed by atoms with Crippen LogP contribution in [0.4, 0.5) is 0 Å². The predicted octanol–water partition coefficient (Wildman–Crippen LogP) is 6.34. The average Bonchev–Trinajstić information content (AvgIpc) is 2.59. The molecule has 0 spiro atoms. The molecule has 0 saturated carbocycles. The van der Waals surface area contributed by atoms with Crippen LogP contribution in [-0.4, -0.2) is 29.5 Å². The summed E-state index contributed by atoms with van der Waals surface area (Å²) in [5, 5.41) is 11.4. The fourth-order valence-electron chi connectivity index (χ4n) is 4.01. The third-order valence-corrected chi connectivity index (χ3v) is 6.81. The molecule has 0 aromatic heterocycles. The van der Waals surface area contributed by atoms with Crippen molar-refractivity contribution in [2.75, 3.05) is 12.4 Å². The topological polar surface area (TPSA) is 46.5 Å². The Morgan fingerprint density at radius 2 is 1.55 bits per heavy atom. The molecule has 0 bridgehead atoms. The minimum absolute atomic E-state index is 0.0223. The lowest BCUT2D eigenvalue weighted by molar-refractivity contribution is -0.142. The van der Waals surface area contributed by atoms with E-state index in [4.69, 9.17) is 4.74 Å². The summed E-state index contributed by atoms with van der Waals surface area (Å²) in [4.78, 5) is 11.2. The van der Waals surface area contributed by atoms with Crippen molar-refractivity contribution in [3.63, 3.8) is 0 Å². The Morgan fingerprint density at radius 3 is 2.07 bits per heavy atom. The summed E-state index contributed by atoms with van der Waals surface area (Å²) in [6.07, 6.45) is 2.38. The van der Waals surface area contributed by atoms with Gasteiger partial charge in [0.15, 0.2) is 0 Å². The van der Waals surface area contributed by atoms with Gasteiger partial charge in [-0.2, -0.15) is 11.8 Å². The Balaban J connectivity index is 2.66. The van der Waals surface area contributed by atoms with Crippen LogP contribution in [0.2, 0.25) is 0 Å². The molecule has 0 aliphatic heterocycles. The summed E-state index contributed by atoms with van der Waals surface area (Å²) >= 11 is 1.96. The van der Waals surface area contributed by atoms with E-state index < -0.39 is 6.10 Å². The lowest BCUT2D eigenvalue weighted by Gasteiger charge is -2.43. The first kappa shape index (κ1) is 26.0. The van der Waals surface area contributed by atoms with E-state index in [9.17, 15) is 9.90 Å². The van der Waals surface area contributed by atoms with Gasteiger partial charge in [0.1, 0.15) is 0 Å². The average molecular weight is 423 g/mol. The fourth-order valence-corrected chi connectivity index (χ4v) is 4.95. The summed E-state index contributed by atoms with van der Waals surface area (Å²) < 4.78 is 5.18. The number of thioether (sulfide) groups is 1. The number of hydrogen-bond acceptors (Lipinski definition) is 4. The lowest BCUT2D eigenvalue weighted by Crippen LogP contribution is -2.43. The van der Waals surface area contributed by atoms with Gasteiger partial charge >= 0.3 is 5.97 Å². The van der Waals surface area contributed by atoms with Crippen LogP contribution in [0.15, 0.2) is 30.3 Å². The van der Waals surface area contributed by atoms with Crippen molar-refractivity contribution in [2.24, 2.45) is 22.7 Å². The first-order chi connectivity index (χ1) is 13.4. The molecule has 0 saturated heterocycles. The third kappa shape index (κ3) is 10.0. The van der Waals surface area contributed by atoms with Crippen LogP contribution in [-0.2, 0) is 15.3 Å². The van der Waals surface area contributed by atoms with Gasteiger partial charge in [0.05, 0.1) is 12.7 Å². The first-order valence-electron chi connectivity index (χ1n) is 10.9. The minimum Gasteiger partial charge on any atom is -0.466 e. The number of ether oxygens (including phenoxy) is 1. The van der Waals surface area contributed by atoms with Crippen LogP contribution in [0.1, 0.15) is 73.3 Å². The van der Waals surface area contributed by atoms with E-state index in [-0.39, 0.29) is 28.6 Å². The summed E-state index contributed by atoms with van der Waals surface area (Å²) in [5.74, 6) is 2.18. The molecule has 0 aliphatic carbocycles. The highest BCUT2D eigenvalue weighted by atomic mass is 32.2. The van der Waals surface area contributed by atoms with Crippen molar-refractivity contribution in [3.8, 4) is 0 Å². The molecule has 1 aromatic carbocycles. The van der Waals surface area contributed by atoms with Crippen LogP contribution in [0.25, 0.3) is 0 Å². The maximum atomic E-state index is 11.4.